The second kappa shape index (κ2) is 17.8. The number of hydrogen-bond donors (Lipinski definition) is 4. The zero-order valence-electron chi connectivity index (χ0n) is 31.6. The third-order valence-corrected chi connectivity index (χ3v) is 9.62. The molecule has 2 fully saturated rings. The molecule has 0 aromatic rings. The summed E-state index contributed by atoms with van der Waals surface area (Å²) in [6.07, 6.45) is 4.55. The fourth-order valence-electron chi connectivity index (χ4n) is 6.44. The Kier molecular flexibility index (Phi) is 15.1. The molecule has 278 valence electrons. The number of nitrogens with one attached hydrogen (secondary N) is 4. The Hall–Kier alpha value is -3.64. The number of urea groups is 2. The van der Waals surface area contributed by atoms with E-state index in [9.17, 15) is 28.8 Å². The van der Waals surface area contributed by atoms with Crippen molar-refractivity contribution in [3.05, 3.63) is 12.7 Å². The molecule has 0 radical (unpaired) electrons. The van der Waals surface area contributed by atoms with Gasteiger partial charge in [0.2, 0.25) is 17.6 Å². The summed E-state index contributed by atoms with van der Waals surface area (Å²) in [5, 5.41) is 11.3. The lowest BCUT2D eigenvalue weighted by molar-refractivity contribution is -0.144. The van der Waals surface area contributed by atoms with Gasteiger partial charge in [-0.25, -0.2) is 9.59 Å². The molecule has 4 N–H and O–H groups in total. The number of amides is 7. The van der Waals surface area contributed by atoms with E-state index in [0.717, 1.165) is 12.8 Å². The minimum absolute atomic E-state index is 0.0441. The molecule has 13 nitrogen and oxygen atoms in total. The van der Waals surface area contributed by atoms with Crippen LogP contribution in [0.25, 0.3) is 0 Å². The molecule has 2 rings (SSSR count). The van der Waals surface area contributed by atoms with Gasteiger partial charge < -0.3 is 36.0 Å². The Labute approximate surface area is 293 Å². The first-order valence-electron chi connectivity index (χ1n) is 17.8. The number of carbonyl (C=O) groups excluding carboxylic acids is 6. The molecule has 13 heteroatoms. The largest absolute Gasteiger partial charge is 0.346 e. The third kappa shape index (κ3) is 11.5. The number of likely N-dealkylation sites (tertiary alicyclic amines) is 1. The third-order valence-electron chi connectivity index (χ3n) is 9.62. The number of ketones is 1. The van der Waals surface area contributed by atoms with Gasteiger partial charge in [-0.15, -0.1) is 6.58 Å². The van der Waals surface area contributed by atoms with Gasteiger partial charge in [0.05, 0.1) is 12.1 Å². The van der Waals surface area contributed by atoms with Gasteiger partial charge in [0.15, 0.2) is 0 Å². The van der Waals surface area contributed by atoms with E-state index in [1.807, 2.05) is 62.3 Å². The van der Waals surface area contributed by atoms with Crippen LogP contribution in [0, 0.1) is 22.7 Å². The maximum Gasteiger partial charge on any atom is 0.319 e. The number of unbranched alkanes of at least 4 members (excludes halogenated alkanes) is 1. The smallest absolute Gasteiger partial charge is 0.319 e. The van der Waals surface area contributed by atoms with E-state index in [2.05, 4.69) is 27.8 Å². The lowest BCUT2D eigenvalue weighted by atomic mass is 9.84. The van der Waals surface area contributed by atoms with Gasteiger partial charge in [-0.3, -0.25) is 19.2 Å². The zero-order chi connectivity index (χ0) is 37.3. The average molecular weight is 690 g/mol. The van der Waals surface area contributed by atoms with Crippen LogP contribution in [0.1, 0.15) is 94.4 Å². The highest BCUT2D eigenvalue weighted by Crippen LogP contribution is 2.33. The van der Waals surface area contributed by atoms with Crippen LogP contribution >= 0.6 is 0 Å². The predicted octanol–water partition coefficient (Wildman–Crippen LogP) is 3.29. The molecular weight excluding hydrogens is 626 g/mol. The second-order valence-corrected chi connectivity index (χ2v) is 16.1. The van der Waals surface area contributed by atoms with Gasteiger partial charge in [0.25, 0.3) is 5.91 Å². The standard InChI is InChI=1S/C36H63N7O6/c1-12-14-16-25(28(44)31(46)37-18-13-2)38-30(45)27-24(23(3)4)17-21-43(27)32(47)29(36(8,9)10)40-33(48)39-26(35(5,6)7)22-42-20-15-19-41(11)34(42)49/h13,23-27,29H,2,12,14-22H2,1,3-11H3,(H,37,46)(H,38,45)(H2,39,40,48)/t24?,25?,26-,27+,29-/m1/s1. The van der Waals surface area contributed by atoms with Crippen LogP contribution in [0.4, 0.5) is 9.59 Å². The predicted molar refractivity (Wildman–Crippen MR) is 190 cm³/mol. The van der Waals surface area contributed by atoms with Crippen molar-refractivity contribution in [1.29, 1.82) is 0 Å². The molecule has 49 heavy (non-hydrogen) atoms. The lowest BCUT2D eigenvalue weighted by Crippen LogP contribution is -2.63. The molecule has 0 saturated carbocycles. The lowest BCUT2D eigenvalue weighted by Gasteiger charge is -2.40. The van der Waals surface area contributed by atoms with E-state index in [1.165, 1.54) is 11.0 Å². The first-order chi connectivity index (χ1) is 22.7. The number of carbonyl (C=O) groups is 6. The van der Waals surface area contributed by atoms with Gasteiger partial charge in [-0.05, 0) is 41.9 Å². The SMILES string of the molecule is C=CCNC(=O)C(=O)C(CCCC)NC(=O)[C@@H]1C(C(C)C)CCN1C(=O)[C@@H](NC(=O)N[C@H](CN1CCCN(C)C1=O)C(C)(C)C)C(C)(C)C. The summed E-state index contributed by atoms with van der Waals surface area (Å²) >= 11 is 0. The van der Waals surface area contributed by atoms with Crippen molar-refractivity contribution in [2.45, 2.75) is 119 Å². The van der Waals surface area contributed by atoms with E-state index in [1.54, 1.807) is 16.8 Å². The summed E-state index contributed by atoms with van der Waals surface area (Å²) in [5.74, 6) is -2.57. The number of Topliss-reactive ketones (excluding diaryl/α,β-unsaturated/α-hetero) is 1. The summed E-state index contributed by atoms with van der Waals surface area (Å²) in [5.41, 5.74) is -1.12. The van der Waals surface area contributed by atoms with Gasteiger partial charge in [-0.1, -0.05) is 81.2 Å². The molecule has 2 heterocycles. The van der Waals surface area contributed by atoms with Crippen LogP contribution in [0.5, 0.6) is 0 Å². The zero-order valence-corrected chi connectivity index (χ0v) is 31.6. The molecule has 2 saturated heterocycles. The van der Waals surface area contributed by atoms with Crippen molar-refractivity contribution in [3.8, 4) is 0 Å². The fourth-order valence-corrected chi connectivity index (χ4v) is 6.44. The molecular formula is C36H63N7O6. The first-order valence-corrected chi connectivity index (χ1v) is 17.8. The molecule has 2 aliphatic heterocycles. The Bertz CT molecular complexity index is 1210. The van der Waals surface area contributed by atoms with Crippen LogP contribution < -0.4 is 21.3 Å². The topological polar surface area (TPSA) is 160 Å². The van der Waals surface area contributed by atoms with Crippen molar-refractivity contribution >= 4 is 35.6 Å². The average Bonchev–Trinajstić information content (AvgIpc) is 3.47. The summed E-state index contributed by atoms with van der Waals surface area (Å²) in [4.78, 5) is 85.5. The molecule has 7 amide bonds. The molecule has 0 aliphatic carbocycles. The molecule has 5 atom stereocenters. The van der Waals surface area contributed by atoms with Crippen LogP contribution in [0.3, 0.4) is 0 Å². The maximum absolute atomic E-state index is 14.4. The van der Waals surface area contributed by atoms with E-state index in [0.29, 0.717) is 39.0 Å². The van der Waals surface area contributed by atoms with E-state index < -0.39 is 64.5 Å². The number of hydrogen-bond acceptors (Lipinski definition) is 6. The van der Waals surface area contributed by atoms with E-state index in [-0.39, 0.29) is 30.8 Å². The molecule has 0 spiro atoms. The summed E-state index contributed by atoms with van der Waals surface area (Å²) < 4.78 is 0. The van der Waals surface area contributed by atoms with Crippen molar-refractivity contribution in [2.24, 2.45) is 22.7 Å². The highest BCUT2D eigenvalue weighted by atomic mass is 16.2. The minimum atomic E-state index is -1.04. The fraction of sp³-hybridized carbons (Fsp3) is 0.778. The molecule has 0 bridgehead atoms. The first kappa shape index (κ1) is 41.5. The summed E-state index contributed by atoms with van der Waals surface area (Å²) in [6, 6.07) is -3.94. The minimum Gasteiger partial charge on any atom is -0.346 e. The van der Waals surface area contributed by atoms with Crippen LogP contribution in [-0.4, -0.2) is 114 Å². The van der Waals surface area contributed by atoms with Gasteiger partial charge in [0, 0.05) is 39.8 Å². The summed E-state index contributed by atoms with van der Waals surface area (Å²) in [6.45, 7) is 23.1. The normalized spacial score (nSPS) is 20.4. The van der Waals surface area contributed by atoms with E-state index in [4.69, 9.17) is 0 Å². The van der Waals surface area contributed by atoms with Crippen LogP contribution in [-0.2, 0) is 19.2 Å². The Morgan fingerprint density at radius 3 is 2.16 bits per heavy atom. The molecule has 0 aromatic heterocycles. The number of nitrogens with zero attached hydrogens (tertiary/aromatic N) is 3. The van der Waals surface area contributed by atoms with Gasteiger partial charge >= 0.3 is 12.1 Å². The van der Waals surface area contributed by atoms with Gasteiger partial charge in [-0.2, -0.15) is 0 Å². The van der Waals surface area contributed by atoms with Crippen LogP contribution in [0.15, 0.2) is 12.7 Å². The molecule has 2 aliphatic rings. The highest BCUT2D eigenvalue weighted by Gasteiger charge is 2.48. The Morgan fingerprint density at radius 2 is 1.61 bits per heavy atom. The number of rotatable bonds is 15. The van der Waals surface area contributed by atoms with Crippen molar-refractivity contribution in [1.82, 2.24) is 36.0 Å². The van der Waals surface area contributed by atoms with E-state index >= 15 is 0 Å². The van der Waals surface area contributed by atoms with Crippen LogP contribution in [0.2, 0.25) is 0 Å². The van der Waals surface area contributed by atoms with Crippen molar-refractivity contribution in [2.75, 3.05) is 39.8 Å². The Morgan fingerprint density at radius 1 is 0.959 bits per heavy atom. The summed E-state index contributed by atoms with van der Waals surface area (Å²) in [7, 11) is 1.76. The maximum atomic E-state index is 14.4. The van der Waals surface area contributed by atoms with Crippen molar-refractivity contribution in [3.63, 3.8) is 0 Å². The highest BCUT2D eigenvalue weighted by molar-refractivity contribution is 6.38. The molecule has 0 aromatic carbocycles. The van der Waals surface area contributed by atoms with Crippen molar-refractivity contribution < 1.29 is 28.8 Å². The second-order valence-electron chi connectivity index (χ2n) is 16.1. The molecule has 2 unspecified atom stereocenters. The quantitative estimate of drug-likeness (QED) is 0.153. The monoisotopic (exact) mass is 689 g/mol. The Balaban J connectivity index is 2.33. The van der Waals surface area contributed by atoms with Gasteiger partial charge in [0.1, 0.15) is 12.1 Å².